The van der Waals surface area contributed by atoms with E-state index < -0.39 is 20.2 Å². The Bertz CT molecular complexity index is 1950. The maximum Gasteiger partial charge on any atom is 2.00 e. The molecule has 4 aromatic carbocycles. The molecule has 0 bridgehead atoms. The van der Waals surface area contributed by atoms with Crippen LogP contribution in [0.1, 0.15) is 230 Å². The molecule has 0 unspecified atom stereocenters. The van der Waals surface area contributed by atoms with Gasteiger partial charge in [0, 0.05) is 0 Å². The Morgan fingerprint density at radius 1 is 0.338 bits per heavy atom. The SMILES string of the molecule is CCCCCCCCCc1ccc2ccc(CCCCCCCCC)c(S(=O)(=O)[O-])c2c1.CCCCCCCCCc1ccc2ccc(CCCCCCCCC)c(S(=O)(=O)[O-])c2c1.[Ba+2]. The largest absolute Gasteiger partial charge is 2.00 e. The standard InChI is InChI=1S/2C28H44O3S.Ba/c2*1-3-5-7-9-11-13-15-17-24-19-20-25-21-22-26(18-16-14-12-10-8-6-4-2)28(27(25)23-24)32(29,30)31;/h2*19-23H,3-18H2,1-2H3,(H,29,30,31);/q;;+2/p-2. The minimum Gasteiger partial charge on any atom is -0.744 e. The summed E-state index contributed by atoms with van der Waals surface area (Å²) in [6, 6.07) is 19.6. The Hall–Kier alpha value is -1.21. The quantitative estimate of drug-likeness (QED) is 0.0261. The van der Waals surface area contributed by atoms with Gasteiger partial charge in [0.2, 0.25) is 0 Å². The zero-order chi connectivity index (χ0) is 46.5. The van der Waals surface area contributed by atoms with Gasteiger partial charge in [0.1, 0.15) is 20.2 Å². The first-order valence-electron chi connectivity index (χ1n) is 25.9. The molecule has 0 saturated carbocycles. The fourth-order valence-corrected chi connectivity index (χ4v) is 11.1. The maximum absolute atomic E-state index is 12.2. The van der Waals surface area contributed by atoms with Gasteiger partial charge in [0.05, 0.1) is 9.79 Å². The monoisotopic (exact) mass is 1060 g/mol. The molecule has 0 saturated heterocycles. The molecule has 360 valence electrons. The van der Waals surface area contributed by atoms with Crippen LogP contribution >= 0.6 is 0 Å². The van der Waals surface area contributed by atoms with Crippen molar-refractivity contribution in [3.8, 4) is 0 Å². The molecular formula is C56H86BaO6S2. The molecule has 0 spiro atoms. The summed E-state index contributed by atoms with van der Waals surface area (Å²) in [5, 5.41) is 2.90. The minimum absolute atomic E-state index is 0. The van der Waals surface area contributed by atoms with Crippen molar-refractivity contribution in [2.75, 3.05) is 0 Å². The van der Waals surface area contributed by atoms with Crippen LogP contribution in [0.2, 0.25) is 0 Å². The molecule has 0 aromatic heterocycles. The Balaban J connectivity index is 0.000000440. The van der Waals surface area contributed by atoms with Crippen LogP contribution in [-0.2, 0) is 45.9 Å². The molecule has 65 heavy (non-hydrogen) atoms. The number of aryl methyl sites for hydroxylation is 4. The van der Waals surface area contributed by atoms with E-state index in [2.05, 4.69) is 39.8 Å². The van der Waals surface area contributed by atoms with E-state index in [4.69, 9.17) is 0 Å². The molecule has 0 amide bonds. The number of hydrogen-bond donors (Lipinski definition) is 0. The zero-order valence-corrected chi connectivity index (χ0v) is 47.4. The summed E-state index contributed by atoms with van der Waals surface area (Å²) in [4.78, 5) is 0.0322. The van der Waals surface area contributed by atoms with Crippen LogP contribution in [0.15, 0.2) is 70.5 Å². The summed E-state index contributed by atoms with van der Waals surface area (Å²) < 4.78 is 73.3. The Morgan fingerprint density at radius 2 is 0.585 bits per heavy atom. The van der Waals surface area contributed by atoms with E-state index in [0.29, 0.717) is 34.7 Å². The molecular weight excluding hydrogens is 970 g/mol. The molecule has 4 rings (SSSR count). The smallest absolute Gasteiger partial charge is 0.744 e. The summed E-state index contributed by atoms with van der Waals surface area (Å²) in [7, 11) is -9.04. The topological polar surface area (TPSA) is 114 Å². The second-order valence-electron chi connectivity index (χ2n) is 18.6. The fraction of sp³-hybridized carbons (Fsp3) is 0.643. The molecule has 0 aliphatic rings. The van der Waals surface area contributed by atoms with Gasteiger partial charge in [-0.2, -0.15) is 0 Å². The number of rotatable bonds is 34. The van der Waals surface area contributed by atoms with Crippen molar-refractivity contribution in [2.24, 2.45) is 0 Å². The van der Waals surface area contributed by atoms with E-state index in [1.807, 2.05) is 48.5 Å². The second kappa shape index (κ2) is 35.0. The Kier molecular flexibility index (Phi) is 32.2. The van der Waals surface area contributed by atoms with E-state index >= 15 is 0 Å². The third kappa shape index (κ3) is 23.8. The van der Waals surface area contributed by atoms with Gasteiger partial charge in [-0.3, -0.25) is 0 Å². The number of benzene rings is 4. The van der Waals surface area contributed by atoms with Crippen molar-refractivity contribution >= 4 is 90.7 Å². The van der Waals surface area contributed by atoms with E-state index in [-0.39, 0.29) is 58.7 Å². The van der Waals surface area contributed by atoms with Gasteiger partial charge in [-0.25, -0.2) is 16.8 Å². The van der Waals surface area contributed by atoms with Crippen molar-refractivity contribution < 1.29 is 25.9 Å². The summed E-state index contributed by atoms with van der Waals surface area (Å²) in [6.07, 6.45) is 37.1. The molecule has 9 heteroatoms. The van der Waals surface area contributed by atoms with Crippen LogP contribution in [-0.4, -0.2) is 74.8 Å². The second-order valence-corrected chi connectivity index (χ2v) is 21.2. The molecule has 4 aromatic rings. The molecule has 0 fully saturated rings. The molecule has 0 radical (unpaired) electrons. The van der Waals surface area contributed by atoms with Crippen molar-refractivity contribution in [2.45, 2.75) is 243 Å². The van der Waals surface area contributed by atoms with Crippen LogP contribution in [0.3, 0.4) is 0 Å². The summed E-state index contributed by atoms with van der Waals surface area (Å²) in [6.45, 7) is 8.89. The Labute approximate surface area is 438 Å². The van der Waals surface area contributed by atoms with Gasteiger partial charge < -0.3 is 9.11 Å². The van der Waals surface area contributed by atoms with E-state index in [9.17, 15) is 25.9 Å². The number of unbranched alkanes of at least 4 members (excludes halogenated alkanes) is 24. The molecule has 0 atom stereocenters. The average Bonchev–Trinajstić information content (AvgIpc) is 3.26. The van der Waals surface area contributed by atoms with Gasteiger partial charge >= 0.3 is 48.9 Å². The first-order chi connectivity index (χ1) is 30.9. The maximum atomic E-state index is 12.2. The van der Waals surface area contributed by atoms with Crippen molar-refractivity contribution in [1.29, 1.82) is 0 Å². The Morgan fingerprint density at radius 3 is 0.862 bits per heavy atom. The van der Waals surface area contributed by atoms with Crippen LogP contribution in [0.4, 0.5) is 0 Å². The molecule has 0 heterocycles. The average molecular weight is 1060 g/mol. The van der Waals surface area contributed by atoms with E-state index in [0.717, 1.165) is 73.3 Å². The van der Waals surface area contributed by atoms with Crippen molar-refractivity contribution in [1.82, 2.24) is 0 Å². The van der Waals surface area contributed by atoms with E-state index in [1.54, 1.807) is 0 Å². The van der Waals surface area contributed by atoms with Gasteiger partial charge in [-0.1, -0.05) is 230 Å². The first-order valence-corrected chi connectivity index (χ1v) is 28.8. The summed E-state index contributed by atoms with van der Waals surface area (Å²) in [5.74, 6) is 0. The van der Waals surface area contributed by atoms with Crippen LogP contribution in [0.5, 0.6) is 0 Å². The molecule has 6 nitrogen and oxygen atoms in total. The molecule has 0 N–H and O–H groups in total. The van der Waals surface area contributed by atoms with Crippen LogP contribution in [0, 0.1) is 0 Å². The first kappa shape index (κ1) is 59.9. The van der Waals surface area contributed by atoms with Gasteiger partial charge in [0.25, 0.3) is 0 Å². The molecule has 0 aliphatic carbocycles. The van der Waals surface area contributed by atoms with Crippen LogP contribution in [0.25, 0.3) is 21.5 Å². The predicted octanol–water partition coefficient (Wildman–Crippen LogP) is 16.3. The van der Waals surface area contributed by atoms with Crippen molar-refractivity contribution in [3.63, 3.8) is 0 Å². The minimum atomic E-state index is -4.52. The zero-order valence-electron chi connectivity index (χ0n) is 41.4. The van der Waals surface area contributed by atoms with Crippen molar-refractivity contribution in [3.05, 3.63) is 82.9 Å². The summed E-state index contributed by atoms with van der Waals surface area (Å²) >= 11 is 0. The fourth-order valence-electron chi connectivity index (χ4n) is 9.18. The number of hydrogen-bond acceptors (Lipinski definition) is 6. The predicted molar refractivity (Wildman–Crippen MR) is 276 cm³/mol. The van der Waals surface area contributed by atoms with Gasteiger partial charge in [0.15, 0.2) is 0 Å². The van der Waals surface area contributed by atoms with Crippen LogP contribution < -0.4 is 0 Å². The molecule has 0 aliphatic heterocycles. The third-order valence-corrected chi connectivity index (χ3v) is 14.9. The van der Waals surface area contributed by atoms with Gasteiger partial charge in [-0.05, 0) is 107 Å². The van der Waals surface area contributed by atoms with E-state index in [1.165, 1.54) is 141 Å². The normalized spacial score (nSPS) is 11.8. The number of fused-ring (bicyclic) bond motifs is 2. The third-order valence-electron chi connectivity index (χ3n) is 13.0. The van der Waals surface area contributed by atoms with Gasteiger partial charge in [-0.15, -0.1) is 0 Å². The summed E-state index contributed by atoms with van der Waals surface area (Å²) in [5.41, 5.74) is 3.64.